The summed E-state index contributed by atoms with van der Waals surface area (Å²) in [4.78, 5) is 14.2. The summed E-state index contributed by atoms with van der Waals surface area (Å²) in [5, 5.41) is 0. The molecule has 2 aliphatic rings. The third kappa shape index (κ3) is 3.56. The van der Waals surface area contributed by atoms with E-state index >= 15 is 0 Å². The monoisotopic (exact) mass is 289 g/mol. The molecule has 2 heterocycles. The van der Waals surface area contributed by atoms with Crippen LogP contribution in [-0.4, -0.2) is 42.7 Å². The van der Waals surface area contributed by atoms with Gasteiger partial charge in [-0.15, -0.1) is 0 Å². The Morgan fingerprint density at radius 3 is 3.00 bits per heavy atom. The van der Waals surface area contributed by atoms with Gasteiger partial charge in [0.15, 0.2) is 0 Å². The van der Waals surface area contributed by atoms with Crippen LogP contribution < -0.4 is 4.74 Å². The molecule has 3 atom stereocenters. The van der Waals surface area contributed by atoms with Crippen LogP contribution >= 0.6 is 0 Å². The second kappa shape index (κ2) is 6.48. The standard InChI is InChI=1S/C17H23NO3/c1-13-11-14-12-18(9-7-16(14)21-13)17(19)8-10-20-15-5-3-2-4-6-15/h2-6,13-14,16H,7-12H2,1H3/t13-,14-,16+/m0/s1. The molecule has 0 aromatic heterocycles. The van der Waals surface area contributed by atoms with Crippen LogP contribution in [0.25, 0.3) is 0 Å². The van der Waals surface area contributed by atoms with Crippen molar-refractivity contribution < 1.29 is 14.3 Å². The normalized spacial score (nSPS) is 28.2. The number of rotatable bonds is 4. The summed E-state index contributed by atoms with van der Waals surface area (Å²) in [6.45, 7) is 4.23. The number of likely N-dealkylation sites (tertiary alicyclic amines) is 1. The van der Waals surface area contributed by atoms with E-state index in [1.54, 1.807) is 0 Å². The van der Waals surface area contributed by atoms with Gasteiger partial charge in [0.2, 0.25) is 5.91 Å². The highest BCUT2D eigenvalue weighted by atomic mass is 16.5. The molecule has 114 valence electrons. The van der Waals surface area contributed by atoms with Gasteiger partial charge in [0.25, 0.3) is 0 Å². The number of amides is 1. The number of carbonyl (C=O) groups is 1. The van der Waals surface area contributed by atoms with Crippen molar-refractivity contribution in [1.82, 2.24) is 4.90 Å². The first-order valence-electron chi connectivity index (χ1n) is 7.83. The third-order valence-corrected chi connectivity index (χ3v) is 4.39. The van der Waals surface area contributed by atoms with Crippen LogP contribution in [0.3, 0.4) is 0 Å². The van der Waals surface area contributed by atoms with E-state index in [9.17, 15) is 4.79 Å². The Morgan fingerprint density at radius 1 is 1.38 bits per heavy atom. The smallest absolute Gasteiger partial charge is 0.226 e. The average Bonchev–Trinajstić information content (AvgIpc) is 2.87. The van der Waals surface area contributed by atoms with E-state index in [0.29, 0.717) is 31.2 Å². The summed E-state index contributed by atoms with van der Waals surface area (Å²) in [5.74, 6) is 1.54. The van der Waals surface area contributed by atoms with E-state index in [-0.39, 0.29) is 5.91 Å². The van der Waals surface area contributed by atoms with Crippen LogP contribution in [0.5, 0.6) is 5.75 Å². The SMILES string of the molecule is C[C@H]1C[C@H]2CN(C(=O)CCOc3ccccc3)CC[C@H]2O1. The minimum atomic E-state index is 0.198. The van der Waals surface area contributed by atoms with Gasteiger partial charge in [0.1, 0.15) is 5.75 Å². The fourth-order valence-corrected chi connectivity index (χ4v) is 3.35. The molecule has 1 aromatic carbocycles. The molecule has 21 heavy (non-hydrogen) atoms. The van der Waals surface area contributed by atoms with Gasteiger partial charge in [-0.3, -0.25) is 4.79 Å². The van der Waals surface area contributed by atoms with Gasteiger partial charge in [-0.25, -0.2) is 0 Å². The number of nitrogens with zero attached hydrogens (tertiary/aromatic N) is 1. The Hall–Kier alpha value is -1.55. The van der Waals surface area contributed by atoms with Gasteiger partial charge in [-0.05, 0) is 31.9 Å². The van der Waals surface area contributed by atoms with Crippen molar-refractivity contribution in [1.29, 1.82) is 0 Å². The number of ether oxygens (including phenoxy) is 2. The summed E-state index contributed by atoms with van der Waals surface area (Å²) in [5.41, 5.74) is 0. The number of hydrogen-bond acceptors (Lipinski definition) is 3. The van der Waals surface area contributed by atoms with Gasteiger partial charge < -0.3 is 14.4 Å². The number of carbonyl (C=O) groups excluding carboxylic acids is 1. The molecule has 0 saturated carbocycles. The molecule has 0 spiro atoms. The number of piperidine rings is 1. The molecule has 0 unspecified atom stereocenters. The number of para-hydroxylation sites is 1. The average molecular weight is 289 g/mol. The first kappa shape index (κ1) is 14.4. The van der Waals surface area contributed by atoms with Crippen LogP contribution in [0.1, 0.15) is 26.2 Å². The lowest BCUT2D eigenvalue weighted by molar-refractivity contribution is -0.134. The van der Waals surface area contributed by atoms with Crippen molar-refractivity contribution in [2.75, 3.05) is 19.7 Å². The summed E-state index contributed by atoms with van der Waals surface area (Å²) >= 11 is 0. The molecule has 1 aromatic rings. The Morgan fingerprint density at radius 2 is 2.19 bits per heavy atom. The van der Waals surface area contributed by atoms with Gasteiger partial charge in [-0.2, -0.15) is 0 Å². The van der Waals surface area contributed by atoms with E-state index in [4.69, 9.17) is 9.47 Å². The Bertz CT molecular complexity index is 476. The molecule has 0 bridgehead atoms. The van der Waals surface area contributed by atoms with Crippen LogP contribution in [0, 0.1) is 5.92 Å². The van der Waals surface area contributed by atoms with Gasteiger partial charge in [-0.1, -0.05) is 18.2 Å². The lowest BCUT2D eigenvalue weighted by atomic mass is 9.93. The summed E-state index contributed by atoms with van der Waals surface area (Å²) in [6, 6.07) is 9.64. The van der Waals surface area contributed by atoms with Crippen LogP contribution in [-0.2, 0) is 9.53 Å². The lowest BCUT2D eigenvalue weighted by Gasteiger charge is -2.34. The summed E-state index contributed by atoms with van der Waals surface area (Å²) < 4.78 is 11.5. The molecule has 3 rings (SSSR count). The molecule has 4 nitrogen and oxygen atoms in total. The fourth-order valence-electron chi connectivity index (χ4n) is 3.35. The maximum absolute atomic E-state index is 12.3. The molecule has 2 aliphatic heterocycles. The zero-order valence-electron chi connectivity index (χ0n) is 12.5. The largest absolute Gasteiger partial charge is 0.493 e. The lowest BCUT2D eigenvalue weighted by Crippen LogP contribution is -2.44. The summed E-state index contributed by atoms with van der Waals surface area (Å²) in [7, 11) is 0. The van der Waals surface area contributed by atoms with Crippen LogP contribution in [0.15, 0.2) is 30.3 Å². The van der Waals surface area contributed by atoms with E-state index in [0.717, 1.165) is 31.7 Å². The van der Waals surface area contributed by atoms with Crippen LogP contribution in [0.4, 0.5) is 0 Å². The van der Waals surface area contributed by atoms with E-state index in [1.165, 1.54) is 0 Å². The number of fused-ring (bicyclic) bond motifs is 1. The highest BCUT2D eigenvalue weighted by Gasteiger charge is 2.38. The van der Waals surface area contributed by atoms with Gasteiger partial charge in [0.05, 0.1) is 25.2 Å². The van der Waals surface area contributed by atoms with E-state index < -0.39 is 0 Å². The molecule has 0 radical (unpaired) electrons. The maximum atomic E-state index is 12.3. The van der Waals surface area contributed by atoms with Gasteiger partial charge in [0, 0.05) is 19.0 Å². The molecule has 1 amide bonds. The maximum Gasteiger partial charge on any atom is 0.226 e. The first-order chi connectivity index (χ1) is 10.2. The predicted molar refractivity (Wildman–Crippen MR) is 80.2 cm³/mol. The quantitative estimate of drug-likeness (QED) is 0.855. The second-order valence-corrected chi connectivity index (χ2v) is 6.02. The van der Waals surface area contributed by atoms with Crippen molar-refractivity contribution in [3.63, 3.8) is 0 Å². The first-order valence-corrected chi connectivity index (χ1v) is 7.83. The third-order valence-electron chi connectivity index (χ3n) is 4.39. The summed E-state index contributed by atoms with van der Waals surface area (Å²) in [6.07, 6.45) is 3.21. The molecule has 4 heteroatoms. The number of benzene rings is 1. The Labute approximate surface area is 126 Å². The van der Waals surface area contributed by atoms with Crippen molar-refractivity contribution >= 4 is 5.91 Å². The molecule has 0 aliphatic carbocycles. The van der Waals surface area contributed by atoms with E-state index in [1.807, 2.05) is 35.2 Å². The van der Waals surface area contributed by atoms with Crippen molar-refractivity contribution in [2.24, 2.45) is 5.92 Å². The fraction of sp³-hybridized carbons (Fsp3) is 0.588. The Balaban J connectivity index is 1.43. The molecule has 0 N–H and O–H groups in total. The number of hydrogen-bond donors (Lipinski definition) is 0. The second-order valence-electron chi connectivity index (χ2n) is 6.02. The highest BCUT2D eigenvalue weighted by Crippen LogP contribution is 2.32. The van der Waals surface area contributed by atoms with E-state index in [2.05, 4.69) is 6.92 Å². The van der Waals surface area contributed by atoms with Crippen molar-refractivity contribution in [3.05, 3.63) is 30.3 Å². The van der Waals surface area contributed by atoms with Crippen molar-refractivity contribution in [3.8, 4) is 5.75 Å². The van der Waals surface area contributed by atoms with Crippen molar-refractivity contribution in [2.45, 2.75) is 38.4 Å². The predicted octanol–water partition coefficient (Wildman–Crippen LogP) is 2.48. The zero-order chi connectivity index (χ0) is 14.7. The minimum absolute atomic E-state index is 0.198. The van der Waals surface area contributed by atoms with Crippen LogP contribution in [0.2, 0.25) is 0 Å². The minimum Gasteiger partial charge on any atom is -0.493 e. The Kier molecular flexibility index (Phi) is 4.44. The van der Waals surface area contributed by atoms with Gasteiger partial charge >= 0.3 is 0 Å². The molecular formula is C17H23NO3. The zero-order valence-corrected chi connectivity index (χ0v) is 12.5. The molecular weight excluding hydrogens is 266 g/mol. The molecule has 2 fully saturated rings. The topological polar surface area (TPSA) is 38.8 Å². The molecule has 2 saturated heterocycles. The highest BCUT2D eigenvalue weighted by molar-refractivity contribution is 5.76.